The molecule has 6 nitrogen and oxygen atoms in total. The molecule has 1 N–H and O–H groups in total. The summed E-state index contributed by atoms with van der Waals surface area (Å²) in [5, 5.41) is 10.7. The maximum atomic E-state index is 12.9. The lowest BCUT2D eigenvalue weighted by Crippen LogP contribution is -2.28. The third-order valence-corrected chi connectivity index (χ3v) is 4.31. The maximum absolute atomic E-state index is 12.9. The molecule has 0 saturated carbocycles. The smallest absolute Gasteiger partial charge is 0.229 e. The van der Waals surface area contributed by atoms with Gasteiger partial charge in [-0.1, -0.05) is 51.1 Å². The van der Waals surface area contributed by atoms with Gasteiger partial charge in [-0.3, -0.25) is 4.79 Å². The van der Waals surface area contributed by atoms with E-state index in [2.05, 4.69) is 0 Å². The highest BCUT2D eigenvalue weighted by Crippen LogP contribution is 2.31. The minimum atomic E-state index is -0.930. The molecule has 6 heteroatoms. The Hall–Kier alpha value is -2.15. The van der Waals surface area contributed by atoms with Crippen LogP contribution in [0.15, 0.2) is 47.5 Å². The Morgan fingerprint density at radius 3 is 2.26 bits per heavy atom. The summed E-state index contributed by atoms with van der Waals surface area (Å²) in [6, 6.07) is 9.61. The number of pyridine rings is 1. The maximum Gasteiger partial charge on any atom is 0.229 e. The fourth-order valence-electron chi connectivity index (χ4n) is 2.65. The molecule has 1 unspecified atom stereocenters. The van der Waals surface area contributed by atoms with Crippen molar-refractivity contribution in [2.75, 3.05) is 14.2 Å². The molecule has 0 fully saturated rings. The molecular formula is C21H29NO5. The first kappa shape index (κ1) is 21.2. The molecule has 1 aromatic carbocycles. The fourth-order valence-corrected chi connectivity index (χ4v) is 2.65. The van der Waals surface area contributed by atoms with E-state index in [1.165, 1.54) is 0 Å². The van der Waals surface area contributed by atoms with Gasteiger partial charge in [-0.15, -0.1) is 0 Å². The SMILES string of the molecule is COC(Cn1cc(OCc2ccccc2)c(=O)c(C(O)C(C)(C)C)c1)OC. The summed E-state index contributed by atoms with van der Waals surface area (Å²) in [7, 11) is 3.10. The first-order chi connectivity index (χ1) is 12.8. The molecular weight excluding hydrogens is 346 g/mol. The van der Waals surface area contributed by atoms with Crippen LogP contribution in [0.1, 0.15) is 38.0 Å². The zero-order valence-electron chi connectivity index (χ0n) is 16.6. The molecule has 0 radical (unpaired) electrons. The van der Waals surface area contributed by atoms with Gasteiger partial charge in [0.05, 0.1) is 18.8 Å². The van der Waals surface area contributed by atoms with Crippen molar-refractivity contribution < 1.29 is 19.3 Å². The number of benzene rings is 1. The van der Waals surface area contributed by atoms with Gasteiger partial charge < -0.3 is 23.9 Å². The number of hydrogen-bond donors (Lipinski definition) is 1. The second-order valence-corrected chi connectivity index (χ2v) is 7.55. The van der Waals surface area contributed by atoms with Crippen LogP contribution in [0.5, 0.6) is 5.75 Å². The molecule has 1 aromatic heterocycles. The molecule has 2 rings (SSSR count). The molecule has 0 aliphatic rings. The minimum absolute atomic E-state index is 0.186. The van der Waals surface area contributed by atoms with Crippen molar-refractivity contribution in [1.29, 1.82) is 0 Å². The van der Waals surface area contributed by atoms with Gasteiger partial charge in [0.15, 0.2) is 12.0 Å². The Kier molecular flexibility index (Phi) is 7.18. The highest BCUT2D eigenvalue weighted by Gasteiger charge is 2.28. The molecule has 148 valence electrons. The average molecular weight is 375 g/mol. The van der Waals surface area contributed by atoms with E-state index >= 15 is 0 Å². The molecule has 1 heterocycles. The van der Waals surface area contributed by atoms with E-state index in [4.69, 9.17) is 14.2 Å². The first-order valence-corrected chi connectivity index (χ1v) is 8.90. The zero-order chi connectivity index (χ0) is 20.0. The Morgan fingerprint density at radius 2 is 1.70 bits per heavy atom. The molecule has 0 aliphatic carbocycles. The monoisotopic (exact) mass is 375 g/mol. The van der Waals surface area contributed by atoms with E-state index in [0.29, 0.717) is 12.1 Å². The summed E-state index contributed by atoms with van der Waals surface area (Å²) in [6.45, 7) is 6.27. The number of rotatable bonds is 8. The van der Waals surface area contributed by atoms with Crippen molar-refractivity contribution in [3.63, 3.8) is 0 Å². The lowest BCUT2D eigenvalue weighted by Gasteiger charge is -2.27. The van der Waals surface area contributed by atoms with Crippen LogP contribution in [0.2, 0.25) is 0 Å². The summed E-state index contributed by atoms with van der Waals surface area (Å²) in [6.07, 6.45) is 1.85. The minimum Gasteiger partial charge on any atom is -0.483 e. The lowest BCUT2D eigenvalue weighted by molar-refractivity contribution is -0.111. The quantitative estimate of drug-likeness (QED) is 0.718. The van der Waals surface area contributed by atoms with Gasteiger partial charge in [0.25, 0.3) is 0 Å². The van der Waals surface area contributed by atoms with Gasteiger partial charge in [0.1, 0.15) is 6.61 Å². The van der Waals surface area contributed by atoms with Gasteiger partial charge in [-0.25, -0.2) is 0 Å². The van der Waals surface area contributed by atoms with Crippen molar-refractivity contribution >= 4 is 0 Å². The van der Waals surface area contributed by atoms with Gasteiger partial charge in [-0.2, -0.15) is 0 Å². The predicted octanol–water partition coefficient (Wildman–Crippen LogP) is 3.13. The molecule has 0 amide bonds. The van der Waals surface area contributed by atoms with E-state index < -0.39 is 17.8 Å². The summed E-state index contributed by atoms with van der Waals surface area (Å²) < 4.78 is 18.0. The highest BCUT2D eigenvalue weighted by atomic mass is 16.7. The van der Waals surface area contributed by atoms with Gasteiger partial charge in [-0.05, 0) is 11.0 Å². The summed E-state index contributed by atoms with van der Waals surface area (Å²) in [5.74, 6) is 0.186. The number of aliphatic hydroxyl groups excluding tert-OH is 1. The Morgan fingerprint density at radius 1 is 1.07 bits per heavy atom. The predicted molar refractivity (Wildman–Crippen MR) is 104 cm³/mol. The average Bonchev–Trinajstić information content (AvgIpc) is 2.65. The van der Waals surface area contributed by atoms with Crippen LogP contribution in [-0.2, 0) is 22.6 Å². The molecule has 0 spiro atoms. The van der Waals surface area contributed by atoms with E-state index in [9.17, 15) is 9.90 Å². The van der Waals surface area contributed by atoms with Crippen LogP contribution in [-0.4, -0.2) is 30.2 Å². The van der Waals surface area contributed by atoms with Crippen molar-refractivity contribution in [3.8, 4) is 5.75 Å². The van der Waals surface area contributed by atoms with Crippen LogP contribution in [0.25, 0.3) is 0 Å². The van der Waals surface area contributed by atoms with E-state index in [1.54, 1.807) is 31.2 Å². The van der Waals surface area contributed by atoms with Crippen LogP contribution >= 0.6 is 0 Å². The Balaban J connectivity index is 2.39. The number of aromatic nitrogens is 1. The first-order valence-electron chi connectivity index (χ1n) is 8.90. The highest BCUT2D eigenvalue weighted by molar-refractivity contribution is 5.28. The second-order valence-electron chi connectivity index (χ2n) is 7.55. The van der Waals surface area contributed by atoms with Crippen LogP contribution in [0.4, 0.5) is 0 Å². The Labute approximate surface area is 160 Å². The number of hydrogen-bond acceptors (Lipinski definition) is 5. The number of methoxy groups -OCH3 is 2. The van der Waals surface area contributed by atoms with Crippen molar-refractivity contribution in [2.45, 2.75) is 46.3 Å². The second kappa shape index (κ2) is 9.17. The van der Waals surface area contributed by atoms with E-state index in [1.807, 2.05) is 51.1 Å². The van der Waals surface area contributed by atoms with Crippen molar-refractivity contribution in [2.24, 2.45) is 5.41 Å². The molecule has 0 saturated heterocycles. The van der Waals surface area contributed by atoms with Gasteiger partial charge in [0.2, 0.25) is 5.43 Å². The molecule has 27 heavy (non-hydrogen) atoms. The topological polar surface area (TPSA) is 69.9 Å². The molecule has 2 aromatic rings. The standard InChI is InChI=1S/C21H29NO5/c1-21(2,3)20(24)16-11-22(13-18(25-4)26-5)12-17(19(16)23)27-14-15-9-7-6-8-10-15/h6-12,18,20,24H,13-14H2,1-5H3. The fraction of sp³-hybridized carbons (Fsp3) is 0.476. The van der Waals surface area contributed by atoms with Crippen LogP contribution in [0, 0.1) is 5.41 Å². The summed E-state index contributed by atoms with van der Waals surface area (Å²) >= 11 is 0. The summed E-state index contributed by atoms with van der Waals surface area (Å²) in [4.78, 5) is 12.9. The Bertz CT molecular complexity index is 775. The van der Waals surface area contributed by atoms with Crippen molar-refractivity contribution in [1.82, 2.24) is 4.57 Å². The van der Waals surface area contributed by atoms with Crippen LogP contribution in [0.3, 0.4) is 0 Å². The van der Waals surface area contributed by atoms with Gasteiger partial charge >= 0.3 is 0 Å². The number of nitrogens with zero attached hydrogens (tertiary/aromatic N) is 1. The summed E-state index contributed by atoms with van der Waals surface area (Å²) in [5.41, 5.74) is 0.448. The van der Waals surface area contributed by atoms with Crippen molar-refractivity contribution in [3.05, 3.63) is 64.1 Å². The third-order valence-electron chi connectivity index (χ3n) is 4.31. The molecule has 0 aliphatic heterocycles. The van der Waals surface area contributed by atoms with Gasteiger partial charge in [0, 0.05) is 26.0 Å². The normalized spacial score (nSPS) is 13.0. The molecule has 1 atom stereocenters. The lowest BCUT2D eigenvalue weighted by atomic mass is 9.85. The largest absolute Gasteiger partial charge is 0.483 e. The van der Waals surface area contributed by atoms with Crippen LogP contribution < -0.4 is 10.2 Å². The van der Waals surface area contributed by atoms with E-state index in [-0.39, 0.29) is 17.8 Å². The number of ether oxygens (including phenoxy) is 3. The molecule has 0 bridgehead atoms. The van der Waals surface area contributed by atoms with E-state index in [0.717, 1.165) is 5.56 Å². The zero-order valence-corrected chi connectivity index (χ0v) is 16.6. The third kappa shape index (κ3) is 5.66. The number of aliphatic hydroxyl groups is 1.